The Hall–Kier alpha value is -1.88. The first-order valence-corrected chi connectivity index (χ1v) is 6.27. The van der Waals surface area contributed by atoms with E-state index in [1.54, 1.807) is 7.05 Å². The van der Waals surface area contributed by atoms with Crippen LogP contribution >= 0.6 is 0 Å². The largest absolute Gasteiger partial charge is 0.336 e. The molecule has 1 saturated heterocycles. The highest BCUT2D eigenvalue weighted by molar-refractivity contribution is 6.40. The fourth-order valence-corrected chi connectivity index (χ4v) is 2.05. The van der Waals surface area contributed by atoms with Crippen molar-refractivity contribution in [3.63, 3.8) is 0 Å². The molecule has 1 fully saturated rings. The maximum Gasteiger partial charge on any atom is 0.316 e. The molecule has 5 nitrogen and oxygen atoms in total. The van der Waals surface area contributed by atoms with Gasteiger partial charge in [0.05, 0.1) is 0 Å². The van der Waals surface area contributed by atoms with Crippen molar-refractivity contribution >= 4 is 17.5 Å². The van der Waals surface area contributed by atoms with Gasteiger partial charge in [-0.3, -0.25) is 9.59 Å². The second-order valence-corrected chi connectivity index (χ2v) is 5.46. The van der Waals surface area contributed by atoms with Gasteiger partial charge < -0.3 is 15.5 Å². The summed E-state index contributed by atoms with van der Waals surface area (Å²) in [7, 11) is 1.64. The summed E-state index contributed by atoms with van der Waals surface area (Å²) < 4.78 is 0. The molecule has 0 atom stereocenters. The van der Waals surface area contributed by atoms with Gasteiger partial charge in [0.1, 0.15) is 0 Å². The van der Waals surface area contributed by atoms with Crippen LogP contribution in [0.3, 0.4) is 0 Å². The van der Waals surface area contributed by atoms with Gasteiger partial charge in [-0.25, -0.2) is 0 Å². The number of amides is 2. The number of nitrogens with zero attached hydrogens (tertiary/aromatic N) is 2. The van der Waals surface area contributed by atoms with Gasteiger partial charge in [-0.1, -0.05) is 12.1 Å². The third-order valence-corrected chi connectivity index (χ3v) is 3.34. The van der Waals surface area contributed by atoms with Crippen LogP contribution in [-0.4, -0.2) is 36.9 Å². The van der Waals surface area contributed by atoms with E-state index in [4.69, 9.17) is 5.73 Å². The quantitative estimate of drug-likeness (QED) is 0.796. The summed E-state index contributed by atoms with van der Waals surface area (Å²) in [6, 6.07) is 7.48. The summed E-state index contributed by atoms with van der Waals surface area (Å²) in [4.78, 5) is 26.7. The number of likely N-dealkylation sites (N-methyl/N-ethyl adjacent to an activating group) is 1. The first-order chi connectivity index (χ1) is 8.80. The molecule has 0 saturated carbocycles. The molecule has 0 spiro atoms. The molecule has 2 amide bonds. The summed E-state index contributed by atoms with van der Waals surface area (Å²) in [5, 5.41) is 0. The molecule has 1 aromatic rings. The number of carbonyl (C=O) groups excluding carboxylic acids is 2. The van der Waals surface area contributed by atoms with E-state index in [9.17, 15) is 9.59 Å². The lowest BCUT2D eigenvalue weighted by Crippen LogP contribution is -2.53. The van der Waals surface area contributed by atoms with Crippen molar-refractivity contribution in [2.75, 3.05) is 25.0 Å². The molecule has 2 N–H and O–H groups in total. The van der Waals surface area contributed by atoms with Gasteiger partial charge in [-0.2, -0.15) is 0 Å². The molecule has 5 heteroatoms. The minimum Gasteiger partial charge on any atom is -0.336 e. The Labute approximate surface area is 113 Å². The Kier molecular flexibility index (Phi) is 3.32. The molecule has 1 heterocycles. The molecular formula is C14H19N3O2. The highest BCUT2D eigenvalue weighted by Crippen LogP contribution is 2.24. The zero-order valence-corrected chi connectivity index (χ0v) is 11.5. The third kappa shape index (κ3) is 2.61. The van der Waals surface area contributed by atoms with E-state index in [2.05, 4.69) is 0 Å². The molecule has 1 aliphatic heterocycles. The van der Waals surface area contributed by atoms with Gasteiger partial charge in [-0.15, -0.1) is 0 Å². The zero-order chi connectivity index (χ0) is 14.2. The summed E-state index contributed by atoms with van der Waals surface area (Å²) in [5.74, 6) is -0.954. The van der Waals surface area contributed by atoms with E-state index in [1.165, 1.54) is 9.80 Å². The van der Waals surface area contributed by atoms with Crippen molar-refractivity contribution in [3.8, 4) is 0 Å². The Balaban J connectivity index is 2.33. The maximum absolute atomic E-state index is 12.0. The van der Waals surface area contributed by atoms with E-state index < -0.39 is 17.4 Å². The molecule has 0 unspecified atom stereocenters. The first kappa shape index (κ1) is 13.5. The lowest BCUT2D eigenvalue weighted by molar-refractivity contribution is -0.145. The van der Waals surface area contributed by atoms with E-state index >= 15 is 0 Å². The predicted molar refractivity (Wildman–Crippen MR) is 73.6 cm³/mol. The van der Waals surface area contributed by atoms with E-state index in [-0.39, 0.29) is 0 Å². The van der Waals surface area contributed by atoms with Crippen molar-refractivity contribution in [2.24, 2.45) is 5.73 Å². The Morgan fingerprint density at radius 3 is 2.47 bits per heavy atom. The normalized spacial score (nSPS) is 17.1. The summed E-state index contributed by atoms with van der Waals surface area (Å²) >= 11 is 0. The summed E-state index contributed by atoms with van der Waals surface area (Å²) in [6.07, 6.45) is 0. The summed E-state index contributed by atoms with van der Waals surface area (Å²) in [5.41, 5.74) is 7.24. The minimum absolute atomic E-state index is 0.469. The lowest BCUT2D eigenvalue weighted by Gasteiger charge is -2.32. The number of piperazine rings is 1. The van der Waals surface area contributed by atoms with Gasteiger partial charge >= 0.3 is 11.8 Å². The van der Waals surface area contributed by atoms with Crippen LogP contribution in [-0.2, 0) is 15.1 Å². The fourth-order valence-electron chi connectivity index (χ4n) is 2.05. The topological polar surface area (TPSA) is 66.6 Å². The number of rotatable bonds is 2. The molecule has 0 radical (unpaired) electrons. The van der Waals surface area contributed by atoms with Crippen LogP contribution in [0.5, 0.6) is 0 Å². The molecule has 0 bridgehead atoms. The van der Waals surface area contributed by atoms with Crippen molar-refractivity contribution in [3.05, 3.63) is 29.8 Å². The molecule has 2 rings (SSSR count). The second kappa shape index (κ2) is 4.66. The van der Waals surface area contributed by atoms with Gasteiger partial charge in [-0.05, 0) is 31.5 Å². The number of hydrogen-bond acceptors (Lipinski definition) is 3. The highest BCUT2D eigenvalue weighted by atomic mass is 16.2. The van der Waals surface area contributed by atoms with Crippen LogP contribution in [0.25, 0.3) is 0 Å². The average molecular weight is 261 g/mol. The molecule has 0 aromatic heterocycles. The molecule has 0 aliphatic carbocycles. The van der Waals surface area contributed by atoms with E-state index in [0.29, 0.717) is 13.1 Å². The predicted octanol–water partition coefficient (Wildman–Crippen LogP) is 0.685. The lowest BCUT2D eigenvalue weighted by atomic mass is 9.95. The number of carbonyl (C=O) groups is 2. The Morgan fingerprint density at radius 2 is 1.84 bits per heavy atom. The van der Waals surface area contributed by atoms with Crippen LogP contribution in [0.2, 0.25) is 0 Å². The molecular weight excluding hydrogens is 242 g/mol. The van der Waals surface area contributed by atoms with Crippen LogP contribution in [0.4, 0.5) is 5.69 Å². The van der Waals surface area contributed by atoms with Crippen LogP contribution in [0.1, 0.15) is 19.4 Å². The first-order valence-electron chi connectivity index (χ1n) is 6.27. The SMILES string of the molecule is CN1CCN(c2cccc(C(C)(C)N)c2)C(=O)C1=O. The number of anilines is 1. The summed E-state index contributed by atoms with van der Waals surface area (Å²) in [6.45, 7) is 4.86. The zero-order valence-electron chi connectivity index (χ0n) is 11.5. The van der Waals surface area contributed by atoms with Crippen LogP contribution < -0.4 is 10.6 Å². The Bertz CT molecular complexity index is 520. The van der Waals surface area contributed by atoms with Gasteiger partial charge in [0.15, 0.2) is 0 Å². The van der Waals surface area contributed by atoms with E-state index in [1.807, 2.05) is 38.1 Å². The molecule has 102 valence electrons. The highest BCUT2D eigenvalue weighted by Gasteiger charge is 2.31. The van der Waals surface area contributed by atoms with Crippen molar-refractivity contribution in [1.82, 2.24) is 4.90 Å². The second-order valence-electron chi connectivity index (χ2n) is 5.46. The Morgan fingerprint density at radius 1 is 1.16 bits per heavy atom. The smallest absolute Gasteiger partial charge is 0.316 e. The number of hydrogen-bond donors (Lipinski definition) is 1. The fraction of sp³-hybridized carbons (Fsp3) is 0.429. The standard InChI is InChI=1S/C14H19N3O2/c1-14(2,15)10-5-4-6-11(9-10)17-8-7-16(3)12(18)13(17)19/h4-6,9H,7-8,15H2,1-3H3. The maximum atomic E-state index is 12.0. The number of benzene rings is 1. The van der Waals surface area contributed by atoms with Gasteiger partial charge in [0.2, 0.25) is 0 Å². The molecule has 19 heavy (non-hydrogen) atoms. The van der Waals surface area contributed by atoms with Gasteiger partial charge in [0, 0.05) is 31.4 Å². The molecule has 1 aliphatic rings. The molecule has 1 aromatic carbocycles. The third-order valence-electron chi connectivity index (χ3n) is 3.34. The minimum atomic E-state index is -0.485. The van der Waals surface area contributed by atoms with E-state index in [0.717, 1.165) is 11.3 Å². The van der Waals surface area contributed by atoms with Crippen molar-refractivity contribution in [2.45, 2.75) is 19.4 Å². The van der Waals surface area contributed by atoms with Crippen LogP contribution in [0.15, 0.2) is 24.3 Å². The van der Waals surface area contributed by atoms with Crippen molar-refractivity contribution < 1.29 is 9.59 Å². The monoisotopic (exact) mass is 261 g/mol. The van der Waals surface area contributed by atoms with Crippen molar-refractivity contribution in [1.29, 1.82) is 0 Å². The number of nitrogens with two attached hydrogens (primary N) is 1. The van der Waals surface area contributed by atoms with Gasteiger partial charge in [0.25, 0.3) is 0 Å². The average Bonchev–Trinajstić information content (AvgIpc) is 2.35. The van der Waals surface area contributed by atoms with Crippen LogP contribution in [0, 0.1) is 0 Å².